The Morgan fingerprint density at radius 1 is 1.47 bits per heavy atom. The number of nitrogens with zero attached hydrogens (tertiary/aromatic N) is 1. The summed E-state index contributed by atoms with van der Waals surface area (Å²) in [7, 11) is -3.81. The Labute approximate surface area is 100 Å². The molecule has 0 unspecified atom stereocenters. The molecule has 17 heavy (non-hydrogen) atoms. The Bertz CT molecular complexity index is 535. The van der Waals surface area contributed by atoms with Gasteiger partial charge in [0.15, 0.2) is 0 Å². The lowest BCUT2D eigenvalue weighted by Gasteiger charge is -2.07. The van der Waals surface area contributed by atoms with Gasteiger partial charge in [-0.1, -0.05) is 19.4 Å². The van der Waals surface area contributed by atoms with Gasteiger partial charge < -0.3 is 0 Å². The van der Waals surface area contributed by atoms with Crippen molar-refractivity contribution >= 4 is 10.0 Å². The van der Waals surface area contributed by atoms with Crippen molar-refractivity contribution in [1.29, 1.82) is 5.26 Å². The Morgan fingerprint density at radius 3 is 2.76 bits per heavy atom. The topological polar surface area (TPSA) is 70.0 Å². The van der Waals surface area contributed by atoms with Crippen molar-refractivity contribution in [3.8, 4) is 6.07 Å². The van der Waals surface area contributed by atoms with E-state index in [4.69, 9.17) is 5.26 Å². The monoisotopic (exact) mass is 256 g/mol. The van der Waals surface area contributed by atoms with Crippen LogP contribution in [0.5, 0.6) is 0 Å². The van der Waals surface area contributed by atoms with Gasteiger partial charge in [0.2, 0.25) is 10.0 Å². The number of sulfonamides is 1. The molecular weight excluding hydrogens is 243 g/mol. The SMILES string of the molecule is CCCCNS(=O)(=O)c1cccc(F)c1C#N. The van der Waals surface area contributed by atoms with E-state index in [2.05, 4.69) is 4.72 Å². The van der Waals surface area contributed by atoms with Gasteiger partial charge >= 0.3 is 0 Å². The lowest BCUT2D eigenvalue weighted by atomic mass is 10.2. The molecule has 0 saturated carbocycles. The summed E-state index contributed by atoms with van der Waals surface area (Å²) in [5.41, 5.74) is -0.448. The first-order valence-corrected chi connectivity index (χ1v) is 6.69. The van der Waals surface area contributed by atoms with Crippen molar-refractivity contribution in [2.75, 3.05) is 6.54 Å². The second-order valence-electron chi connectivity index (χ2n) is 3.48. The zero-order valence-electron chi connectivity index (χ0n) is 9.40. The van der Waals surface area contributed by atoms with Gasteiger partial charge in [0, 0.05) is 6.54 Å². The van der Waals surface area contributed by atoms with Gasteiger partial charge in [-0.3, -0.25) is 0 Å². The van der Waals surface area contributed by atoms with E-state index in [-0.39, 0.29) is 11.4 Å². The molecule has 1 aromatic carbocycles. The molecule has 0 bridgehead atoms. The number of benzene rings is 1. The van der Waals surface area contributed by atoms with Gasteiger partial charge in [0.1, 0.15) is 22.3 Å². The molecule has 6 heteroatoms. The zero-order chi connectivity index (χ0) is 12.9. The highest BCUT2D eigenvalue weighted by molar-refractivity contribution is 7.89. The number of unbranched alkanes of at least 4 members (excludes halogenated alkanes) is 1. The number of hydrogen-bond acceptors (Lipinski definition) is 3. The van der Waals surface area contributed by atoms with Crippen LogP contribution in [0.2, 0.25) is 0 Å². The number of halogens is 1. The van der Waals surface area contributed by atoms with E-state index in [0.717, 1.165) is 12.5 Å². The number of nitrogens with one attached hydrogen (secondary N) is 1. The summed E-state index contributed by atoms with van der Waals surface area (Å²) in [6.07, 6.45) is 1.53. The molecule has 4 nitrogen and oxygen atoms in total. The summed E-state index contributed by atoms with van der Waals surface area (Å²) in [5, 5.41) is 8.75. The Morgan fingerprint density at radius 2 is 2.18 bits per heavy atom. The number of hydrogen-bond donors (Lipinski definition) is 1. The van der Waals surface area contributed by atoms with Gasteiger partial charge in [0.25, 0.3) is 0 Å². The average molecular weight is 256 g/mol. The summed E-state index contributed by atoms with van der Waals surface area (Å²) in [5.74, 6) is -0.828. The molecule has 0 spiro atoms. The van der Waals surface area contributed by atoms with Crippen molar-refractivity contribution in [3.05, 3.63) is 29.6 Å². The average Bonchev–Trinajstić information content (AvgIpc) is 2.29. The fraction of sp³-hybridized carbons (Fsp3) is 0.364. The largest absolute Gasteiger partial charge is 0.241 e. The van der Waals surface area contributed by atoms with Crippen molar-refractivity contribution in [3.63, 3.8) is 0 Å². The molecule has 0 amide bonds. The molecule has 0 radical (unpaired) electrons. The van der Waals surface area contributed by atoms with Crippen LogP contribution >= 0.6 is 0 Å². The third-order valence-corrected chi connectivity index (χ3v) is 3.70. The van der Waals surface area contributed by atoms with E-state index < -0.39 is 21.4 Å². The molecule has 0 aliphatic rings. The van der Waals surface area contributed by atoms with Gasteiger partial charge in [-0.05, 0) is 18.6 Å². The third-order valence-electron chi connectivity index (χ3n) is 2.20. The van der Waals surface area contributed by atoms with Gasteiger partial charge in [-0.25, -0.2) is 17.5 Å². The second-order valence-corrected chi connectivity index (χ2v) is 5.21. The molecule has 1 N–H and O–H groups in total. The molecule has 0 atom stereocenters. The van der Waals surface area contributed by atoms with Crippen LogP contribution < -0.4 is 4.72 Å². The predicted octanol–water partition coefficient (Wildman–Crippen LogP) is 1.78. The van der Waals surface area contributed by atoms with Crippen LogP contribution in [0.25, 0.3) is 0 Å². The lowest BCUT2D eigenvalue weighted by molar-refractivity contribution is 0.573. The van der Waals surface area contributed by atoms with Crippen LogP contribution in [0.4, 0.5) is 4.39 Å². The molecule has 0 aliphatic heterocycles. The van der Waals surface area contributed by atoms with Crippen molar-refractivity contribution in [2.24, 2.45) is 0 Å². The minimum absolute atomic E-state index is 0.278. The van der Waals surface area contributed by atoms with E-state index in [1.54, 1.807) is 6.07 Å². The fourth-order valence-corrected chi connectivity index (χ4v) is 2.54. The van der Waals surface area contributed by atoms with Crippen molar-refractivity contribution < 1.29 is 12.8 Å². The van der Waals surface area contributed by atoms with E-state index in [0.29, 0.717) is 6.42 Å². The summed E-state index contributed by atoms with van der Waals surface area (Å²) in [6.45, 7) is 2.21. The Kier molecular flexibility index (Phi) is 4.61. The second kappa shape index (κ2) is 5.75. The molecular formula is C11H13FN2O2S. The van der Waals surface area contributed by atoms with Crippen LogP contribution in [0.1, 0.15) is 25.3 Å². The minimum Gasteiger partial charge on any atom is -0.211 e. The maximum atomic E-state index is 13.3. The van der Waals surface area contributed by atoms with Crippen LogP contribution in [0.15, 0.2) is 23.1 Å². The first kappa shape index (κ1) is 13.6. The molecule has 92 valence electrons. The zero-order valence-corrected chi connectivity index (χ0v) is 10.2. The van der Waals surface area contributed by atoms with Crippen molar-refractivity contribution in [1.82, 2.24) is 4.72 Å². The normalized spacial score (nSPS) is 11.1. The molecule has 0 aliphatic carbocycles. The standard InChI is InChI=1S/C11H13FN2O2S/c1-2-3-7-14-17(15,16)11-6-4-5-10(12)9(11)8-13/h4-6,14H,2-3,7H2,1H3. The van der Waals surface area contributed by atoms with E-state index >= 15 is 0 Å². The Balaban J connectivity index is 3.08. The molecule has 0 saturated heterocycles. The highest BCUT2D eigenvalue weighted by Gasteiger charge is 2.20. The molecule has 1 rings (SSSR count). The summed E-state index contributed by atoms with van der Waals surface area (Å²) >= 11 is 0. The van der Waals surface area contributed by atoms with Crippen molar-refractivity contribution in [2.45, 2.75) is 24.7 Å². The van der Waals surface area contributed by atoms with Crippen LogP contribution in [-0.2, 0) is 10.0 Å². The van der Waals surface area contributed by atoms with Gasteiger partial charge in [0.05, 0.1) is 0 Å². The minimum atomic E-state index is -3.81. The maximum absolute atomic E-state index is 13.3. The van der Waals surface area contributed by atoms with Crippen LogP contribution in [-0.4, -0.2) is 15.0 Å². The first-order valence-electron chi connectivity index (χ1n) is 5.21. The molecule has 0 heterocycles. The summed E-state index contributed by atoms with van der Waals surface area (Å²) in [4.78, 5) is -0.309. The van der Waals surface area contributed by atoms with Crippen LogP contribution in [0, 0.1) is 17.1 Å². The summed E-state index contributed by atoms with van der Waals surface area (Å²) in [6, 6.07) is 5.11. The maximum Gasteiger partial charge on any atom is 0.241 e. The van der Waals surface area contributed by atoms with Crippen LogP contribution in [0.3, 0.4) is 0 Å². The summed E-state index contributed by atoms with van der Waals surface area (Å²) < 4.78 is 39.2. The smallest absolute Gasteiger partial charge is 0.211 e. The highest BCUT2D eigenvalue weighted by atomic mass is 32.2. The number of nitriles is 1. The number of rotatable bonds is 5. The highest BCUT2D eigenvalue weighted by Crippen LogP contribution is 2.17. The third kappa shape index (κ3) is 3.25. The van der Waals surface area contributed by atoms with Gasteiger partial charge in [-0.15, -0.1) is 0 Å². The Hall–Kier alpha value is -1.45. The van der Waals surface area contributed by atoms with E-state index in [1.165, 1.54) is 12.1 Å². The fourth-order valence-electron chi connectivity index (χ4n) is 1.30. The van der Waals surface area contributed by atoms with E-state index in [9.17, 15) is 12.8 Å². The van der Waals surface area contributed by atoms with Gasteiger partial charge in [-0.2, -0.15) is 5.26 Å². The first-order chi connectivity index (χ1) is 8.03. The lowest BCUT2D eigenvalue weighted by Crippen LogP contribution is -2.25. The molecule has 1 aromatic rings. The quantitative estimate of drug-likeness (QED) is 0.816. The molecule has 0 aromatic heterocycles. The van der Waals surface area contributed by atoms with E-state index in [1.807, 2.05) is 6.92 Å². The molecule has 0 fully saturated rings. The predicted molar refractivity (Wildman–Crippen MR) is 61.2 cm³/mol.